The number of aliphatic carboxylic acids is 1. The summed E-state index contributed by atoms with van der Waals surface area (Å²) < 4.78 is 0. The van der Waals surface area contributed by atoms with Gasteiger partial charge >= 0.3 is 0 Å². The maximum absolute atomic E-state index is 12.2. The van der Waals surface area contributed by atoms with Crippen LogP contribution in [-0.4, -0.2) is 11.9 Å². The van der Waals surface area contributed by atoms with Gasteiger partial charge in [0.15, 0.2) is 0 Å². The summed E-state index contributed by atoms with van der Waals surface area (Å²) in [6, 6.07) is 4.69. The van der Waals surface area contributed by atoms with Gasteiger partial charge in [0.25, 0.3) is 0 Å². The van der Waals surface area contributed by atoms with Crippen LogP contribution in [0.2, 0.25) is 10.0 Å². The highest BCUT2D eigenvalue weighted by atomic mass is 35.5. The molecule has 1 aliphatic carbocycles. The number of carboxylic acid groups (broad SMARTS) is 1. The quantitative estimate of drug-likeness (QED) is 0.870. The molecule has 0 heterocycles. The Hall–Kier alpha value is -1.52. The second kappa shape index (κ2) is 6.29. The van der Waals surface area contributed by atoms with Gasteiger partial charge in [0, 0.05) is 16.9 Å². The van der Waals surface area contributed by atoms with E-state index in [0.29, 0.717) is 28.6 Å². The van der Waals surface area contributed by atoms with E-state index in [-0.39, 0.29) is 0 Å². The van der Waals surface area contributed by atoms with E-state index < -0.39 is 23.7 Å². The predicted molar refractivity (Wildman–Crippen MR) is 75.5 cm³/mol. The van der Waals surface area contributed by atoms with Gasteiger partial charge in [0.05, 0.1) is 16.6 Å². The summed E-state index contributed by atoms with van der Waals surface area (Å²) in [5.41, 5.74) is 0.371. The van der Waals surface area contributed by atoms with E-state index in [1.54, 1.807) is 24.3 Å². The molecule has 0 spiro atoms. The third kappa shape index (κ3) is 3.32. The first-order valence-corrected chi connectivity index (χ1v) is 6.86. The highest BCUT2D eigenvalue weighted by Gasteiger charge is 2.30. The van der Waals surface area contributed by atoms with Gasteiger partial charge in [-0.1, -0.05) is 35.4 Å². The minimum Gasteiger partial charge on any atom is -0.550 e. The van der Waals surface area contributed by atoms with Crippen LogP contribution < -0.4 is 10.4 Å². The van der Waals surface area contributed by atoms with Crippen LogP contribution in [-0.2, 0) is 9.59 Å². The standard InChI is InChI=1S/C14H13Cl2NO3/c15-8-5-6-11(16)12(7-8)17-13(18)9-3-1-2-4-10(9)14(19)20/h1-2,5-7,9-10H,3-4H2,(H,17,18)(H,19,20)/p-1/t9-,10-/m0/s1. The molecule has 1 amide bonds. The summed E-state index contributed by atoms with van der Waals surface area (Å²) in [5, 5.41) is 14.5. The van der Waals surface area contributed by atoms with Crippen molar-refractivity contribution in [3.63, 3.8) is 0 Å². The zero-order chi connectivity index (χ0) is 14.7. The number of nitrogens with one attached hydrogen (secondary N) is 1. The Morgan fingerprint density at radius 2 is 1.80 bits per heavy atom. The van der Waals surface area contributed by atoms with E-state index in [4.69, 9.17) is 23.2 Å². The van der Waals surface area contributed by atoms with Crippen molar-refractivity contribution in [3.8, 4) is 0 Å². The van der Waals surface area contributed by atoms with E-state index in [0.717, 1.165) is 0 Å². The van der Waals surface area contributed by atoms with Crippen molar-refractivity contribution >= 4 is 40.8 Å². The predicted octanol–water partition coefficient (Wildman–Crippen LogP) is 2.26. The van der Waals surface area contributed by atoms with Crippen LogP contribution in [0.1, 0.15) is 12.8 Å². The fourth-order valence-corrected chi connectivity index (χ4v) is 2.52. The molecule has 1 N–H and O–H groups in total. The summed E-state index contributed by atoms with van der Waals surface area (Å²) >= 11 is 11.8. The van der Waals surface area contributed by atoms with E-state index in [1.165, 1.54) is 6.07 Å². The number of benzene rings is 1. The minimum absolute atomic E-state index is 0.295. The SMILES string of the molecule is O=C([O-])[C@H]1CC=CC[C@@H]1C(=O)Nc1cc(Cl)ccc1Cl. The van der Waals surface area contributed by atoms with Gasteiger partial charge in [0.2, 0.25) is 5.91 Å². The summed E-state index contributed by atoms with van der Waals surface area (Å²) in [5.74, 6) is -3.10. The fraction of sp³-hybridized carbons (Fsp3) is 0.286. The fourth-order valence-electron chi connectivity index (χ4n) is 2.18. The number of hydrogen-bond acceptors (Lipinski definition) is 3. The second-order valence-electron chi connectivity index (χ2n) is 4.59. The molecule has 0 saturated heterocycles. The first-order valence-electron chi connectivity index (χ1n) is 6.11. The van der Waals surface area contributed by atoms with E-state index in [2.05, 4.69) is 5.32 Å². The van der Waals surface area contributed by atoms with Gasteiger partial charge in [-0.3, -0.25) is 4.79 Å². The lowest BCUT2D eigenvalue weighted by atomic mass is 9.82. The highest BCUT2D eigenvalue weighted by Crippen LogP contribution is 2.29. The van der Waals surface area contributed by atoms with Crippen molar-refractivity contribution in [2.24, 2.45) is 11.8 Å². The molecular formula is C14H12Cl2NO3-. The summed E-state index contributed by atoms with van der Waals surface area (Å²) in [7, 11) is 0. The first kappa shape index (κ1) is 14.9. The van der Waals surface area contributed by atoms with E-state index >= 15 is 0 Å². The minimum atomic E-state index is -1.22. The van der Waals surface area contributed by atoms with Crippen molar-refractivity contribution in [2.45, 2.75) is 12.8 Å². The number of carbonyl (C=O) groups excluding carboxylic acids is 2. The summed E-state index contributed by atoms with van der Waals surface area (Å²) in [6.07, 6.45) is 4.20. The number of carbonyl (C=O) groups is 2. The van der Waals surface area contributed by atoms with Crippen LogP contribution in [0.25, 0.3) is 0 Å². The Balaban J connectivity index is 2.16. The molecule has 0 radical (unpaired) electrons. The van der Waals surface area contributed by atoms with Gasteiger partial charge in [-0.25, -0.2) is 0 Å². The molecule has 0 fully saturated rings. The molecule has 20 heavy (non-hydrogen) atoms. The molecule has 0 aliphatic heterocycles. The Bertz CT molecular complexity index is 572. The Morgan fingerprint density at radius 1 is 1.15 bits per heavy atom. The van der Waals surface area contributed by atoms with Gasteiger partial charge < -0.3 is 15.2 Å². The van der Waals surface area contributed by atoms with Crippen LogP contribution in [0.4, 0.5) is 5.69 Å². The molecule has 2 atom stereocenters. The third-order valence-electron chi connectivity index (χ3n) is 3.26. The number of halogens is 2. The zero-order valence-electron chi connectivity index (χ0n) is 10.4. The molecular weight excluding hydrogens is 301 g/mol. The Kier molecular flexibility index (Phi) is 4.68. The maximum Gasteiger partial charge on any atom is 0.228 e. The van der Waals surface area contributed by atoms with Gasteiger partial charge in [0.1, 0.15) is 0 Å². The van der Waals surface area contributed by atoms with Gasteiger partial charge in [-0.2, -0.15) is 0 Å². The lowest BCUT2D eigenvalue weighted by Gasteiger charge is -2.28. The number of amides is 1. The van der Waals surface area contributed by atoms with Crippen LogP contribution in [0, 0.1) is 11.8 Å². The molecule has 0 bridgehead atoms. The number of allylic oxidation sites excluding steroid dienone is 2. The van der Waals surface area contributed by atoms with Crippen LogP contribution in [0.15, 0.2) is 30.4 Å². The molecule has 0 saturated carbocycles. The molecule has 0 aromatic heterocycles. The zero-order valence-corrected chi connectivity index (χ0v) is 11.9. The van der Waals surface area contributed by atoms with Crippen LogP contribution in [0.5, 0.6) is 0 Å². The summed E-state index contributed by atoms with van der Waals surface area (Å²) in [6.45, 7) is 0. The topological polar surface area (TPSA) is 69.2 Å². The van der Waals surface area contributed by atoms with Crippen LogP contribution >= 0.6 is 23.2 Å². The third-order valence-corrected chi connectivity index (χ3v) is 3.82. The van der Waals surface area contributed by atoms with Gasteiger partial charge in [-0.15, -0.1) is 0 Å². The average Bonchev–Trinajstić information content (AvgIpc) is 2.42. The van der Waals surface area contributed by atoms with Crippen molar-refractivity contribution in [1.29, 1.82) is 0 Å². The molecule has 106 valence electrons. The first-order chi connectivity index (χ1) is 9.49. The number of carboxylic acids is 1. The van der Waals surface area contributed by atoms with Crippen molar-refractivity contribution in [2.75, 3.05) is 5.32 Å². The van der Waals surface area contributed by atoms with E-state index in [9.17, 15) is 14.7 Å². The Labute approximate surface area is 126 Å². The number of rotatable bonds is 3. The lowest BCUT2D eigenvalue weighted by Crippen LogP contribution is -2.41. The number of anilines is 1. The molecule has 6 heteroatoms. The average molecular weight is 313 g/mol. The molecule has 0 unspecified atom stereocenters. The van der Waals surface area contributed by atoms with Crippen molar-refractivity contribution < 1.29 is 14.7 Å². The van der Waals surface area contributed by atoms with Crippen molar-refractivity contribution in [3.05, 3.63) is 40.4 Å². The highest BCUT2D eigenvalue weighted by molar-refractivity contribution is 6.35. The molecule has 1 aliphatic rings. The number of hydrogen-bond donors (Lipinski definition) is 1. The second-order valence-corrected chi connectivity index (χ2v) is 5.43. The Morgan fingerprint density at radius 3 is 2.45 bits per heavy atom. The van der Waals surface area contributed by atoms with Crippen LogP contribution in [0.3, 0.4) is 0 Å². The van der Waals surface area contributed by atoms with E-state index in [1.807, 2.05) is 0 Å². The molecule has 1 aromatic carbocycles. The molecule has 1 aromatic rings. The monoisotopic (exact) mass is 312 g/mol. The van der Waals surface area contributed by atoms with Gasteiger partial charge in [-0.05, 0) is 31.0 Å². The maximum atomic E-state index is 12.2. The van der Waals surface area contributed by atoms with Crippen molar-refractivity contribution in [1.82, 2.24) is 0 Å². The largest absolute Gasteiger partial charge is 0.550 e. The lowest BCUT2D eigenvalue weighted by molar-refractivity contribution is -0.313. The molecule has 4 nitrogen and oxygen atoms in total. The molecule has 2 rings (SSSR count). The smallest absolute Gasteiger partial charge is 0.228 e. The normalized spacial score (nSPS) is 21.5. The summed E-state index contributed by atoms with van der Waals surface area (Å²) in [4.78, 5) is 23.3.